The van der Waals surface area contributed by atoms with E-state index >= 15 is 0 Å². The van der Waals surface area contributed by atoms with Gasteiger partial charge in [0.1, 0.15) is 29.2 Å². The number of carbonyl (C=O) groups excluding carboxylic acids is 4. The van der Waals surface area contributed by atoms with Gasteiger partial charge in [0, 0.05) is 24.1 Å². The molecule has 5 atom stereocenters. The van der Waals surface area contributed by atoms with Crippen LogP contribution >= 0.6 is 0 Å². The molecule has 55 heavy (non-hydrogen) atoms. The summed E-state index contributed by atoms with van der Waals surface area (Å²) in [5.41, 5.74) is 6.28. The van der Waals surface area contributed by atoms with E-state index in [1.807, 2.05) is 67.0 Å². The molecule has 7 rings (SSSR count). The average Bonchev–Trinajstić information content (AvgIpc) is 3.95. The fraction of sp³-hybridized carbons (Fsp3) is 0.513. The number of nitrogens with one attached hydrogen (secondary N) is 4. The number of benzene rings is 2. The highest BCUT2D eigenvalue weighted by molar-refractivity contribution is 7.91. The summed E-state index contributed by atoms with van der Waals surface area (Å²) in [5.74, 6) is -2.04. The second-order valence-corrected chi connectivity index (χ2v) is 18.0. The molecule has 3 fully saturated rings. The van der Waals surface area contributed by atoms with Crippen molar-refractivity contribution in [1.29, 1.82) is 0 Å². The van der Waals surface area contributed by atoms with E-state index in [2.05, 4.69) is 20.7 Å². The molecular formula is C39H50N8O7S. The summed E-state index contributed by atoms with van der Waals surface area (Å²) in [4.78, 5) is 61.1. The van der Waals surface area contributed by atoms with Crippen LogP contribution in [-0.4, -0.2) is 81.6 Å². The molecule has 2 aromatic carbocycles. The number of hydrogen-bond donors (Lipinski definition) is 5. The van der Waals surface area contributed by atoms with Crippen molar-refractivity contribution < 1.29 is 32.3 Å². The molecule has 0 spiro atoms. The van der Waals surface area contributed by atoms with Gasteiger partial charge in [-0.05, 0) is 83.6 Å². The largest absolute Gasteiger partial charge is 0.459 e. The number of para-hydroxylation sites is 2. The number of carbonyl (C=O) groups is 4. The number of fused-ring (bicyclic) bond motifs is 3. The molecule has 3 aromatic rings. The number of aromatic nitrogens is 2. The third-order valence-corrected chi connectivity index (χ3v) is 13.5. The van der Waals surface area contributed by atoms with E-state index in [9.17, 15) is 27.6 Å². The van der Waals surface area contributed by atoms with Gasteiger partial charge in [-0.3, -0.25) is 23.7 Å². The van der Waals surface area contributed by atoms with E-state index in [0.717, 1.165) is 31.4 Å². The predicted octanol–water partition coefficient (Wildman–Crippen LogP) is 4.33. The monoisotopic (exact) mass is 774 g/mol. The third kappa shape index (κ3) is 7.73. The number of hydrogen-bond acceptors (Lipinski definition) is 9. The van der Waals surface area contributed by atoms with Crippen molar-refractivity contribution in [2.45, 2.75) is 113 Å². The second-order valence-electron chi connectivity index (χ2n) is 15.8. The number of amides is 5. The van der Waals surface area contributed by atoms with Gasteiger partial charge in [-0.25, -0.2) is 13.2 Å². The van der Waals surface area contributed by atoms with E-state index in [0.29, 0.717) is 36.0 Å². The van der Waals surface area contributed by atoms with Crippen LogP contribution in [0.25, 0.3) is 11.0 Å². The number of primary amides is 1. The van der Waals surface area contributed by atoms with Gasteiger partial charge in [0.2, 0.25) is 21.8 Å². The fourth-order valence-electron chi connectivity index (χ4n) is 7.74. The second kappa shape index (κ2) is 14.8. The summed E-state index contributed by atoms with van der Waals surface area (Å²) in [6, 6.07) is 12.4. The van der Waals surface area contributed by atoms with Crippen molar-refractivity contribution in [1.82, 2.24) is 24.5 Å². The molecule has 6 N–H and O–H groups in total. The van der Waals surface area contributed by atoms with Crippen LogP contribution in [0.2, 0.25) is 0 Å². The minimum atomic E-state index is -3.98. The van der Waals surface area contributed by atoms with Gasteiger partial charge >= 0.3 is 6.03 Å². The van der Waals surface area contributed by atoms with E-state index in [1.54, 1.807) is 19.1 Å². The van der Waals surface area contributed by atoms with Crippen LogP contribution in [-0.2, 0) is 24.4 Å². The SMILES string of the molecule is CC(C)n1c(O[C@@H]2C[C@H]3C(=O)N[C@]4(C(=O)NS(=O)(=O)C5(C)CC5)C[C@H]4C=CCCCCC[C@H](Nc4ccccc4)C(=O)N3C2)nc2c(NC(N)=O)cccc21. The van der Waals surface area contributed by atoms with Gasteiger partial charge in [0.25, 0.3) is 11.9 Å². The molecule has 4 aliphatic rings. The molecule has 3 heterocycles. The minimum absolute atomic E-state index is 0.0485. The van der Waals surface area contributed by atoms with Crippen molar-refractivity contribution in [3.63, 3.8) is 0 Å². The summed E-state index contributed by atoms with van der Waals surface area (Å²) >= 11 is 0. The Bertz CT molecular complexity index is 2120. The van der Waals surface area contributed by atoms with Crippen LogP contribution in [0.1, 0.15) is 84.6 Å². The fourth-order valence-corrected chi connectivity index (χ4v) is 9.05. The van der Waals surface area contributed by atoms with Crippen LogP contribution in [0, 0.1) is 5.92 Å². The highest BCUT2D eigenvalue weighted by atomic mass is 32.2. The Balaban J connectivity index is 1.22. The van der Waals surface area contributed by atoms with Crippen LogP contribution in [0.15, 0.2) is 60.7 Å². The number of anilines is 2. The van der Waals surface area contributed by atoms with Crippen molar-refractivity contribution in [3.8, 4) is 6.01 Å². The molecule has 294 valence electrons. The molecule has 2 saturated carbocycles. The van der Waals surface area contributed by atoms with Crippen molar-refractivity contribution >= 4 is 56.2 Å². The Labute approximate surface area is 320 Å². The highest BCUT2D eigenvalue weighted by Crippen LogP contribution is 2.47. The van der Waals surface area contributed by atoms with Crippen LogP contribution < -0.4 is 31.1 Å². The molecule has 2 aliphatic carbocycles. The van der Waals surface area contributed by atoms with Crippen molar-refractivity contribution in [2.24, 2.45) is 11.7 Å². The molecule has 1 saturated heterocycles. The quantitative estimate of drug-likeness (QED) is 0.196. The number of allylic oxidation sites excluding steroid dienone is 1. The average molecular weight is 775 g/mol. The van der Waals surface area contributed by atoms with E-state index in [1.165, 1.54) is 4.90 Å². The summed E-state index contributed by atoms with van der Waals surface area (Å²) in [6.07, 6.45) is 8.17. The first-order chi connectivity index (χ1) is 26.2. The van der Waals surface area contributed by atoms with Crippen LogP contribution in [0.3, 0.4) is 0 Å². The zero-order valence-electron chi connectivity index (χ0n) is 31.4. The number of ether oxygens (including phenoxy) is 1. The standard InChI is InChI=1S/C39H50N8O7S/c1-24(2)47-30-18-12-17-28(42-36(40)51)32(30)43-37(47)54-27-21-31-33(48)44-39(35(50)45-55(52,53)38(3)19-20-38)22-25(39)13-8-5-4-6-11-16-29(34(49)46(31)23-27)41-26-14-9-7-10-15-26/h7-10,12-15,17-18,24-25,27,29,31,41H,4-6,11,16,19-23H2,1-3H3,(H,44,48)(H,45,50)(H3,40,42,51)/t25-,27-,29+,31+,39-/m1/s1. The zero-order valence-corrected chi connectivity index (χ0v) is 32.2. The Hall–Kier alpha value is -5.12. The van der Waals surface area contributed by atoms with Crippen molar-refractivity contribution in [2.75, 3.05) is 17.2 Å². The Morgan fingerprint density at radius 1 is 1.05 bits per heavy atom. The molecule has 0 unspecified atom stereocenters. The Morgan fingerprint density at radius 3 is 2.53 bits per heavy atom. The van der Waals surface area contributed by atoms with Crippen LogP contribution in [0.4, 0.5) is 16.2 Å². The van der Waals surface area contributed by atoms with Crippen LogP contribution in [0.5, 0.6) is 6.01 Å². The Kier molecular flexibility index (Phi) is 10.3. The third-order valence-electron chi connectivity index (χ3n) is 11.3. The number of nitrogens with zero attached hydrogens (tertiary/aromatic N) is 3. The number of sulfonamides is 1. The number of rotatable bonds is 9. The first kappa shape index (κ1) is 38.2. The molecule has 1 aromatic heterocycles. The molecule has 0 radical (unpaired) electrons. The molecular weight excluding hydrogens is 725 g/mol. The van der Waals surface area contributed by atoms with E-state index < -0.39 is 62.3 Å². The van der Waals surface area contributed by atoms with Gasteiger partial charge < -0.3 is 31.3 Å². The van der Waals surface area contributed by atoms with Gasteiger partial charge in [0.05, 0.1) is 22.5 Å². The van der Waals surface area contributed by atoms with E-state index in [4.69, 9.17) is 15.5 Å². The first-order valence-electron chi connectivity index (χ1n) is 19.1. The summed E-state index contributed by atoms with van der Waals surface area (Å²) in [6.45, 7) is 5.58. The van der Waals surface area contributed by atoms with Gasteiger partial charge in [-0.2, -0.15) is 4.98 Å². The lowest BCUT2D eigenvalue weighted by Gasteiger charge is -2.30. The lowest BCUT2D eigenvalue weighted by Crippen LogP contribution is -2.58. The first-order valence-corrected chi connectivity index (χ1v) is 20.6. The molecule has 2 aliphatic heterocycles. The molecule has 16 heteroatoms. The summed E-state index contributed by atoms with van der Waals surface area (Å²) < 4.78 is 36.1. The number of urea groups is 1. The maximum absolute atomic E-state index is 14.7. The zero-order chi connectivity index (χ0) is 39.1. The predicted molar refractivity (Wildman–Crippen MR) is 208 cm³/mol. The van der Waals surface area contributed by atoms with E-state index in [-0.39, 0.29) is 37.3 Å². The maximum Gasteiger partial charge on any atom is 0.316 e. The van der Waals surface area contributed by atoms with Gasteiger partial charge in [-0.15, -0.1) is 0 Å². The highest BCUT2D eigenvalue weighted by Gasteiger charge is 2.63. The topological polar surface area (TPSA) is 207 Å². The maximum atomic E-state index is 14.7. The summed E-state index contributed by atoms with van der Waals surface area (Å²) in [7, 11) is -3.98. The summed E-state index contributed by atoms with van der Waals surface area (Å²) in [5, 5.41) is 8.95. The minimum Gasteiger partial charge on any atom is -0.459 e. The lowest BCUT2D eigenvalue weighted by molar-refractivity contribution is -0.140. The van der Waals surface area contributed by atoms with Gasteiger partial charge in [0.15, 0.2) is 0 Å². The smallest absolute Gasteiger partial charge is 0.316 e. The molecule has 0 bridgehead atoms. The van der Waals surface area contributed by atoms with Crippen molar-refractivity contribution in [3.05, 3.63) is 60.7 Å². The molecule has 15 nitrogen and oxygen atoms in total. The normalized spacial score (nSPS) is 26.6. The number of nitrogens with two attached hydrogens (primary N) is 1. The van der Waals surface area contributed by atoms with Gasteiger partial charge in [-0.1, -0.05) is 49.3 Å². The lowest BCUT2D eigenvalue weighted by atomic mass is 10.0. The number of imidazole rings is 1. The molecule has 5 amide bonds. The Morgan fingerprint density at radius 2 is 1.82 bits per heavy atom.